The molecule has 1 atom stereocenters. The second-order valence-electron chi connectivity index (χ2n) is 6.12. The van der Waals surface area contributed by atoms with Gasteiger partial charge in [-0.25, -0.2) is 4.98 Å². The standard InChI is InChI=1S/C20H19N3/c1-14-4-6-15(7-5-14)8-9-16-10-11-17-19(13-16)23-20(22-17)18-3-2-12-21-18/h4-7,10-11,13,18,21H,2-3,12H2,1H3,(H,22,23). The number of aryl methyl sites for hydroxylation is 1. The third-order valence-corrected chi connectivity index (χ3v) is 4.29. The molecule has 2 heterocycles. The molecular formula is C20H19N3. The monoisotopic (exact) mass is 301 g/mol. The maximum Gasteiger partial charge on any atom is 0.124 e. The molecule has 2 N–H and O–H groups in total. The molecule has 1 unspecified atom stereocenters. The topological polar surface area (TPSA) is 40.7 Å². The molecule has 1 saturated heterocycles. The Balaban J connectivity index is 1.62. The molecule has 3 heteroatoms. The van der Waals surface area contributed by atoms with Crippen LogP contribution in [0.25, 0.3) is 11.0 Å². The number of benzene rings is 2. The number of aromatic nitrogens is 2. The minimum atomic E-state index is 0.365. The minimum absolute atomic E-state index is 0.365. The number of aromatic amines is 1. The number of imidazole rings is 1. The number of hydrogen-bond donors (Lipinski definition) is 2. The van der Waals surface area contributed by atoms with Crippen molar-refractivity contribution >= 4 is 11.0 Å². The van der Waals surface area contributed by atoms with Crippen molar-refractivity contribution in [2.45, 2.75) is 25.8 Å². The van der Waals surface area contributed by atoms with Crippen LogP contribution in [-0.2, 0) is 0 Å². The first-order valence-electron chi connectivity index (χ1n) is 8.10. The first-order chi connectivity index (χ1) is 11.3. The number of fused-ring (bicyclic) bond motifs is 1. The summed E-state index contributed by atoms with van der Waals surface area (Å²) in [5, 5.41) is 3.48. The SMILES string of the molecule is Cc1ccc(C#Cc2ccc3nc(C4CCCN4)[nH]c3c2)cc1. The second kappa shape index (κ2) is 5.91. The highest BCUT2D eigenvalue weighted by Gasteiger charge is 2.19. The molecular weight excluding hydrogens is 282 g/mol. The van der Waals surface area contributed by atoms with E-state index in [2.05, 4.69) is 59.4 Å². The lowest BCUT2D eigenvalue weighted by molar-refractivity contribution is 0.614. The Morgan fingerprint density at radius 3 is 2.61 bits per heavy atom. The predicted octanol–water partition coefficient (Wildman–Crippen LogP) is 3.70. The predicted molar refractivity (Wildman–Crippen MR) is 93.2 cm³/mol. The van der Waals surface area contributed by atoms with E-state index < -0.39 is 0 Å². The quantitative estimate of drug-likeness (QED) is 0.673. The van der Waals surface area contributed by atoms with Gasteiger partial charge < -0.3 is 10.3 Å². The molecule has 0 spiro atoms. The summed E-state index contributed by atoms with van der Waals surface area (Å²) in [5.41, 5.74) is 5.37. The van der Waals surface area contributed by atoms with Crippen molar-refractivity contribution in [1.29, 1.82) is 0 Å². The molecule has 0 bridgehead atoms. The summed E-state index contributed by atoms with van der Waals surface area (Å²) in [6.07, 6.45) is 2.37. The van der Waals surface area contributed by atoms with Crippen LogP contribution in [0.5, 0.6) is 0 Å². The first-order valence-corrected chi connectivity index (χ1v) is 8.10. The number of H-pyrrole nitrogens is 1. The summed E-state index contributed by atoms with van der Waals surface area (Å²) in [7, 11) is 0. The summed E-state index contributed by atoms with van der Waals surface area (Å²) in [6.45, 7) is 3.16. The second-order valence-corrected chi connectivity index (χ2v) is 6.12. The fourth-order valence-electron chi connectivity index (χ4n) is 2.97. The molecule has 23 heavy (non-hydrogen) atoms. The highest BCUT2D eigenvalue weighted by molar-refractivity contribution is 5.77. The fraction of sp³-hybridized carbons (Fsp3) is 0.250. The van der Waals surface area contributed by atoms with Crippen LogP contribution in [0.3, 0.4) is 0 Å². The molecule has 0 amide bonds. The van der Waals surface area contributed by atoms with Crippen molar-refractivity contribution < 1.29 is 0 Å². The number of nitrogens with one attached hydrogen (secondary N) is 2. The van der Waals surface area contributed by atoms with Gasteiger partial charge in [0.1, 0.15) is 5.82 Å². The van der Waals surface area contributed by atoms with Crippen molar-refractivity contribution in [3.8, 4) is 11.8 Å². The van der Waals surface area contributed by atoms with E-state index in [1.54, 1.807) is 0 Å². The van der Waals surface area contributed by atoms with Gasteiger partial charge in [0.05, 0.1) is 17.1 Å². The molecule has 3 nitrogen and oxygen atoms in total. The molecule has 1 aliphatic heterocycles. The van der Waals surface area contributed by atoms with E-state index in [0.29, 0.717) is 6.04 Å². The Kier molecular flexibility index (Phi) is 3.61. The van der Waals surface area contributed by atoms with E-state index in [1.807, 2.05) is 12.1 Å². The summed E-state index contributed by atoms with van der Waals surface area (Å²) in [6, 6.07) is 14.8. The van der Waals surface area contributed by atoms with E-state index >= 15 is 0 Å². The van der Waals surface area contributed by atoms with E-state index in [0.717, 1.165) is 41.0 Å². The molecule has 1 aromatic heterocycles. The third kappa shape index (κ3) is 2.99. The summed E-state index contributed by atoms with van der Waals surface area (Å²) >= 11 is 0. The fourth-order valence-corrected chi connectivity index (χ4v) is 2.97. The van der Waals surface area contributed by atoms with Gasteiger partial charge in [0, 0.05) is 11.1 Å². The largest absolute Gasteiger partial charge is 0.341 e. The van der Waals surface area contributed by atoms with E-state index in [4.69, 9.17) is 4.98 Å². The normalized spacial score (nSPS) is 17.2. The van der Waals surface area contributed by atoms with E-state index in [9.17, 15) is 0 Å². The van der Waals surface area contributed by atoms with Gasteiger partial charge in [-0.1, -0.05) is 29.5 Å². The van der Waals surface area contributed by atoms with Gasteiger partial charge in [-0.15, -0.1) is 0 Å². The van der Waals surface area contributed by atoms with Crippen LogP contribution in [0.2, 0.25) is 0 Å². The number of hydrogen-bond acceptors (Lipinski definition) is 2. The van der Waals surface area contributed by atoms with Crippen molar-refractivity contribution in [1.82, 2.24) is 15.3 Å². The Morgan fingerprint density at radius 2 is 1.83 bits per heavy atom. The van der Waals surface area contributed by atoms with Crippen molar-refractivity contribution in [2.24, 2.45) is 0 Å². The van der Waals surface area contributed by atoms with Crippen LogP contribution in [0.1, 0.15) is 41.4 Å². The van der Waals surface area contributed by atoms with Gasteiger partial charge in [-0.05, 0) is 56.6 Å². The van der Waals surface area contributed by atoms with Gasteiger partial charge >= 0.3 is 0 Å². The smallest absolute Gasteiger partial charge is 0.124 e. The summed E-state index contributed by atoms with van der Waals surface area (Å²) in [5.74, 6) is 7.50. The molecule has 114 valence electrons. The minimum Gasteiger partial charge on any atom is -0.341 e. The number of rotatable bonds is 1. The average molecular weight is 301 g/mol. The summed E-state index contributed by atoms with van der Waals surface area (Å²) in [4.78, 5) is 8.14. The zero-order valence-electron chi connectivity index (χ0n) is 13.2. The van der Waals surface area contributed by atoms with Gasteiger partial charge in [0.25, 0.3) is 0 Å². The van der Waals surface area contributed by atoms with Crippen molar-refractivity contribution in [3.63, 3.8) is 0 Å². The lowest BCUT2D eigenvalue weighted by Crippen LogP contribution is -2.13. The lowest BCUT2D eigenvalue weighted by Gasteiger charge is -2.04. The molecule has 0 aliphatic carbocycles. The van der Waals surface area contributed by atoms with Gasteiger partial charge in [0.15, 0.2) is 0 Å². The molecule has 0 saturated carbocycles. The molecule has 1 fully saturated rings. The molecule has 2 aromatic carbocycles. The van der Waals surface area contributed by atoms with E-state index in [-0.39, 0.29) is 0 Å². The Morgan fingerprint density at radius 1 is 1.04 bits per heavy atom. The molecule has 4 rings (SSSR count). The lowest BCUT2D eigenvalue weighted by atomic mass is 10.1. The van der Waals surface area contributed by atoms with Crippen LogP contribution in [0.4, 0.5) is 0 Å². The van der Waals surface area contributed by atoms with Crippen molar-refractivity contribution in [2.75, 3.05) is 6.54 Å². The van der Waals surface area contributed by atoms with Crippen molar-refractivity contribution in [3.05, 3.63) is 65.0 Å². The van der Waals surface area contributed by atoms with E-state index in [1.165, 1.54) is 12.0 Å². The third-order valence-electron chi connectivity index (χ3n) is 4.29. The van der Waals surface area contributed by atoms with Gasteiger partial charge in [0.2, 0.25) is 0 Å². The number of nitrogens with zero attached hydrogens (tertiary/aromatic N) is 1. The Hall–Kier alpha value is -2.57. The molecule has 0 radical (unpaired) electrons. The molecule has 3 aromatic rings. The zero-order valence-corrected chi connectivity index (χ0v) is 13.2. The van der Waals surface area contributed by atoms with Crippen LogP contribution >= 0.6 is 0 Å². The molecule has 1 aliphatic rings. The Labute approximate surface area is 136 Å². The van der Waals surface area contributed by atoms with Crippen LogP contribution in [-0.4, -0.2) is 16.5 Å². The maximum absolute atomic E-state index is 4.70. The summed E-state index contributed by atoms with van der Waals surface area (Å²) < 4.78 is 0. The highest BCUT2D eigenvalue weighted by atomic mass is 15.0. The Bertz CT molecular complexity index is 888. The first kappa shape index (κ1) is 14.0. The van der Waals surface area contributed by atoms with Gasteiger partial charge in [-0.3, -0.25) is 0 Å². The average Bonchev–Trinajstić information content (AvgIpc) is 3.23. The van der Waals surface area contributed by atoms with Crippen LogP contribution in [0.15, 0.2) is 42.5 Å². The van der Waals surface area contributed by atoms with Crippen LogP contribution < -0.4 is 5.32 Å². The highest BCUT2D eigenvalue weighted by Crippen LogP contribution is 2.23. The van der Waals surface area contributed by atoms with Gasteiger partial charge in [-0.2, -0.15) is 0 Å². The maximum atomic E-state index is 4.70. The zero-order chi connectivity index (χ0) is 15.6. The van der Waals surface area contributed by atoms with Crippen LogP contribution in [0, 0.1) is 18.8 Å².